The van der Waals surface area contributed by atoms with Crippen molar-refractivity contribution >= 4 is 11.5 Å². The average molecular weight is 334 g/mol. The van der Waals surface area contributed by atoms with Crippen molar-refractivity contribution in [3.63, 3.8) is 0 Å². The molecule has 1 aromatic carbocycles. The van der Waals surface area contributed by atoms with Crippen molar-refractivity contribution in [2.75, 3.05) is 77.9 Å². The van der Waals surface area contributed by atoms with Gasteiger partial charge in [0.2, 0.25) is 0 Å². The Labute approximate surface area is 143 Å². The summed E-state index contributed by atoms with van der Waals surface area (Å²) in [6.07, 6.45) is 0. The molecule has 0 unspecified atom stereocenters. The Balaban J connectivity index is 1.62. The fourth-order valence-corrected chi connectivity index (χ4v) is 3.28. The van der Waals surface area contributed by atoms with Crippen LogP contribution in [0.25, 0.3) is 0 Å². The van der Waals surface area contributed by atoms with Crippen LogP contribution in [0.1, 0.15) is 10.4 Å². The number of hydrogen-bond acceptors (Lipinski definition) is 5. The van der Waals surface area contributed by atoms with Gasteiger partial charge in [-0.15, -0.1) is 0 Å². The van der Waals surface area contributed by atoms with E-state index in [-0.39, 0.29) is 11.6 Å². The number of likely N-dealkylation sites (N-methyl/N-ethyl adjacent to an activating group) is 2. The second-order valence-electron chi connectivity index (χ2n) is 6.96. The summed E-state index contributed by atoms with van der Waals surface area (Å²) in [6.45, 7) is 7.63. The van der Waals surface area contributed by atoms with Crippen LogP contribution in [0, 0.1) is 5.82 Å². The van der Waals surface area contributed by atoms with Crippen LogP contribution in [-0.2, 0) is 0 Å². The van der Waals surface area contributed by atoms with E-state index in [0.29, 0.717) is 17.8 Å². The lowest BCUT2D eigenvalue weighted by molar-refractivity contribution is 0.0876. The number of ketones is 1. The molecule has 2 fully saturated rings. The van der Waals surface area contributed by atoms with Gasteiger partial charge in [-0.1, -0.05) is 0 Å². The van der Waals surface area contributed by atoms with Crippen LogP contribution in [0.5, 0.6) is 0 Å². The number of piperazine rings is 2. The average Bonchev–Trinajstić information content (AvgIpc) is 2.58. The van der Waals surface area contributed by atoms with E-state index in [4.69, 9.17) is 0 Å². The van der Waals surface area contributed by atoms with E-state index in [0.717, 1.165) is 52.4 Å². The molecule has 0 aliphatic carbocycles. The van der Waals surface area contributed by atoms with E-state index < -0.39 is 0 Å². The number of Topliss-reactive ketones (excluding diaryl/α,β-unsaturated/α-hetero) is 1. The largest absolute Gasteiger partial charge is 0.367 e. The zero-order chi connectivity index (χ0) is 17.1. The molecule has 0 radical (unpaired) electrons. The van der Waals surface area contributed by atoms with Gasteiger partial charge >= 0.3 is 0 Å². The van der Waals surface area contributed by atoms with Crippen molar-refractivity contribution in [2.45, 2.75) is 0 Å². The van der Waals surface area contributed by atoms with Gasteiger partial charge in [-0.25, -0.2) is 4.39 Å². The zero-order valence-corrected chi connectivity index (χ0v) is 14.7. The fraction of sp³-hybridized carbons (Fsp3) is 0.611. The van der Waals surface area contributed by atoms with E-state index in [1.165, 1.54) is 6.07 Å². The molecule has 1 aromatic rings. The van der Waals surface area contributed by atoms with Crippen LogP contribution < -0.4 is 4.90 Å². The lowest BCUT2D eigenvalue weighted by atomic mass is 10.1. The maximum atomic E-state index is 14.5. The molecule has 0 atom stereocenters. The summed E-state index contributed by atoms with van der Waals surface area (Å²) < 4.78 is 14.5. The Morgan fingerprint density at radius 3 is 2.12 bits per heavy atom. The van der Waals surface area contributed by atoms with E-state index in [2.05, 4.69) is 33.7 Å². The van der Waals surface area contributed by atoms with Crippen molar-refractivity contribution in [1.29, 1.82) is 0 Å². The van der Waals surface area contributed by atoms with Crippen LogP contribution in [0.2, 0.25) is 0 Å². The molecule has 2 saturated heterocycles. The topological polar surface area (TPSA) is 30.0 Å². The van der Waals surface area contributed by atoms with Crippen molar-refractivity contribution in [1.82, 2.24) is 14.7 Å². The van der Waals surface area contributed by atoms with Crippen molar-refractivity contribution in [3.8, 4) is 0 Å². The smallest absolute Gasteiger partial charge is 0.176 e. The number of benzene rings is 1. The summed E-state index contributed by atoms with van der Waals surface area (Å²) in [6, 6.07) is 4.94. The molecule has 2 aliphatic rings. The van der Waals surface area contributed by atoms with Crippen LogP contribution in [0.4, 0.5) is 10.1 Å². The van der Waals surface area contributed by atoms with Gasteiger partial charge in [0, 0.05) is 57.9 Å². The minimum Gasteiger partial charge on any atom is -0.367 e. The lowest BCUT2D eigenvalue weighted by Crippen LogP contribution is -2.46. The van der Waals surface area contributed by atoms with Crippen LogP contribution in [-0.4, -0.2) is 93.5 Å². The molecule has 6 heteroatoms. The number of carbonyl (C=O) groups excluding carboxylic acids is 1. The summed E-state index contributed by atoms with van der Waals surface area (Å²) in [5.41, 5.74) is 1.09. The first-order chi connectivity index (χ1) is 11.5. The Hall–Kier alpha value is -1.50. The normalized spacial score (nSPS) is 21.2. The van der Waals surface area contributed by atoms with Gasteiger partial charge in [-0.3, -0.25) is 9.69 Å². The molecule has 2 aliphatic heterocycles. The first kappa shape index (κ1) is 17.3. The highest BCUT2D eigenvalue weighted by Crippen LogP contribution is 2.22. The second kappa shape index (κ2) is 7.59. The van der Waals surface area contributed by atoms with Gasteiger partial charge < -0.3 is 14.7 Å². The Morgan fingerprint density at radius 1 is 0.958 bits per heavy atom. The number of carbonyl (C=O) groups is 1. The molecule has 0 aromatic heterocycles. The highest BCUT2D eigenvalue weighted by Gasteiger charge is 2.20. The van der Waals surface area contributed by atoms with Crippen molar-refractivity contribution < 1.29 is 9.18 Å². The first-order valence-corrected chi connectivity index (χ1v) is 8.70. The molecular weight excluding hydrogens is 307 g/mol. The third kappa shape index (κ3) is 4.12. The molecule has 2 heterocycles. The Bertz CT molecular complexity index is 578. The SMILES string of the molecule is CN1CCN(CC(=O)c2ccc(N3CCN(C)CC3)c(F)c2)CC1. The summed E-state index contributed by atoms with van der Waals surface area (Å²) >= 11 is 0. The maximum absolute atomic E-state index is 14.5. The van der Waals surface area contributed by atoms with Crippen LogP contribution >= 0.6 is 0 Å². The molecule has 0 spiro atoms. The molecule has 0 amide bonds. The van der Waals surface area contributed by atoms with Gasteiger partial charge in [-0.2, -0.15) is 0 Å². The van der Waals surface area contributed by atoms with Gasteiger partial charge in [0.15, 0.2) is 5.78 Å². The molecular formula is C18H27FN4O. The molecule has 132 valence electrons. The highest BCUT2D eigenvalue weighted by atomic mass is 19.1. The van der Waals surface area contributed by atoms with Gasteiger partial charge in [0.1, 0.15) is 5.82 Å². The van der Waals surface area contributed by atoms with E-state index >= 15 is 0 Å². The van der Waals surface area contributed by atoms with Crippen LogP contribution in [0.15, 0.2) is 18.2 Å². The van der Waals surface area contributed by atoms with Gasteiger partial charge in [0.05, 0.1) is 12.2 Å². The number of hydrogen-bond donors (Lipinski definition) is 0. The minimum atomic E-state index is -0.288. The third-order valence-electron chi connectivity index (χ3n) is 5.08. The molecule has 24 heavy (non-hydrogen) atoms. The predicted octanol–water partition coefficient (Wildman–Crippen LogP) is 1.01. The first-order valence-electron chi connectivity index (χ1n) is 8.70. The molecule has 3 rings (SSSR count). The summed E-state index contributed by atoms with van der Waals surface area (Å²) in [7, 11) is 4.17. The monoisotopic (exact) mass is 334 g/mol. The number of anilines is 1. The fourth-order valence-electron chi connectivity index (χ4n) is 3.28. The molecule has 5 nitrogen and oxygen atoms in total. The molecule has 0 saturated carbocycles. The second-order valence-corrected chi connectivity index (χ2v) is 6.96. The van der Waals surface area contributed by atoms with Crippen molar-refractivity contribution in [3.05, 3.63) is 29.6 Å². The predicted molar refractivity (Wildman–Crippen MR) is 94.4 cm³/mol. The van der Waals surface area contributed by atoms with E-state index in [9.17, 15) is 9.18 Å². The summed E-state index contributed by atoms with van der Waals surface area (Å²) in [5.74, 6) is -0.285. The van der Waals surface area contributed by atoms with E-state index in [1.54, 1.807) is 12.1 Å². The van der Waals surface area contributed by atoms with E-state index in [1.807, 2.05) is 0 Å². The maximum Gasteiger partial charge on any atom is 0.176 e. The molecule has 0 bridgehead atoms. The van der Waals surface area contributed by atoms with Gasteiger partial charge in [0.25, 0.3) is 0 Å². The van der Waals surface area contributed by atoms with Crippen LogP contribution in [0.3, 0.4) is 0 Å². The number of halogens is 1. The standard InChI is InChI=1S/C18H27FN4O/c1-20-5-9-22(10-6-20)14-18(24)15-3-4-17(16(19)13-15)23-11-7-21(2)8-12-23/h3-4,13H,5-12,14H2,1-2H3. The number of rotatable bonds is 4. The lowest BCUT2D eigenvalue weighted by Gasteiger charge is -2.34. The quantitative estimate of drug-likeness (QED) is 0.767. The Morgan fingerprint density at radius 2 is 1.54 bits per heavy atom. The third-order valence-corrected chi connectivity index (χ3v) is 5.08. The summed E-state index contributed by atoms with van der Waals surface area (Å²) in [4.78, 5) is 21.1. The highest BCUT2D eigenvalue weighted by molar-refractivity contribution is 5.98. The Kier molecular flexibility index (Phi) is 5.48. The zero-order valence-electron chi connectivity index (χ0n) is 14.7. The minimum absolute atomic E-state index is 0.00313. The number of nitrogens with zero attached hydrogens (tertiary/aromatic N) is 4. The molecule has 0 N–H and O–H groups in total. The summed E-state index contributed by atoms with van der Waals surface area (Å²) in [5, 5.41) is 0. The van der Waals surface area contributed by atoms with Gasteiger partial charge in [-0.05, 0) is 32.3 Å². The van der Waals surface area contributed by atoms with Crippen molar-refractivity contribution in [2.24, 2.45) is 0 Å².